The lowest BCUT2D eigenvalue weighted by atomic mass is 10.1. The van der Waals surface area contributed by atoms with E-state index in [-0.39, 0.29) is 11.6 Å². The molecule has 0 aromatic heterocycles. The summed E-state index contributed by atoms with van der Waals surface area (Å²) in [4.78, 5) is 22.3. The molecule has 0 radical (unpaired) electrons. The van der Waals surface area contributed by atoms with E-state index in [4.69, 9.17) is 0 Å². The standard InChI is InChI=1S/C8H10N2O2/c1-9-5-3-8(12)6(10-2)4-7(5)11/h3-4,9-10H,1-2H3. The summed E-state index contributed by atoms with van der Waals surface area (Å²) in [6.45, 7) is 0. The number of carbonyl (C=O) groups is 2. The van der Waals surface area contributed by atoms with Gasteiger partial charge in [0.25, 0.3) is 0 Å². The van der Waals surface area contributed by atoms with Gasteiger partial charge in [0.2, 0.25) is 11.6 Å². The summed E-state index contributed by atoms with van der Waals surface area (Å²) in [5.74, 6) is -0.358. The van der Waals surface area contributed by atoms with Crippen LogP contribution >= 0.6 is 0 Å². The Balaban J connectivity index is 2.94. The Labute approximate surface area is 70.3 Å². The second-order valence-corrected chi connectivity index (χ2v) is 2.34. The van der Waals surface area contributed by atoms with Gasteiger partial charge in [-0.05, 0) is 0 Å². The number of rotatable bonds is 2. The van der Waals surface area contributed by atoms with E-state index in [0.717, 1.165) is 0 Å². The minimum absolute atomic E-state index is 0.179. The molecule has 0 spiro atoms. The van der Waals surface area contributed by atoms with Crippen molar-refractivity contribution in [1.82, 2.24) is 10.6 Å². The van der Waals surface area contributed by atoms with Gasteiger partial charge in [0, 0.05) is 26.2 Å². The molecule has 4 nitrogen and oxygen atoms in total. The summed E-state index contributed by atoms with van der Waals surface area (Å²) in [5, 5.41) is 5.29. The van der Waals surface area contributed by atoms with Crippen LogP contribution in [-0.4, -0.2) is 25.7 Å². The smallest absolute Gasteiger partial charge is 0.203 e. The monoisotopic (exact) mass is 166 g/mol. The summed E-state index contributed by atoms with van der Waals surface area (Å²) in [6.07, 6.45) is 2.57. The van der Waals surface area contributed by atoms with E-state index in [9.17, 15) is 9.59 Å². The molecule has 0 atom stereocenters. The van der Waals surface area contributed by atoms with E-state index in [0.29, 0.717) is 11.4 Å². The predicted molar refractivity (Wildman–Crippen MR) is 44.3 cm³/mol. The van der Waals surface area contributed by atoms with Gasteiger partial charge in [0.1, 0.15) is 0 Å². The molecule has 0 fully saturated rings. The third kappa shape index (κ3) is 1.37. The van der Waals surface area contributed by atoms with Crippen LogP contribution in [0.2, 0.25) is 0 Å². The maximum absolute atomic E-state index is 11.1. The molecule has 0 unspecified atom stereocenters. The summed E-state index contributed by atoms with van der Waals surface area (Å²) in [7, 11) is 3.21. The van der Waals surface area contributed by atoms with E-state index in [1.807, 2.05) is 0 Å². The van der Waals surface area contributed by atoms with Gasteiger partial charge in [-0.2, -0.15) is 0 Å². The zero-order valence-corrected chi connectivity index (χ0v) is 6.97. The summed E-state index contributed by atoms with van der Waals surface area (Å²) in [6, 6.07) is 0. The minimum Gasteiger partial charge on any atom is -0.385 e. The molecule has 0 heterocycles. The van der Waals surface area contributed by atoms with Gasteiger partial charge >= 0.3 is 0 Å². The predicted octanol–water partition coefficient (Wildman–Crippen LogP) is -0.655. The normalized spacial score (nSPS) is 16.8. The van der Waals surface area contributed by atoms with Crippen molar-refractivity contribution in [2.75, 3.05) is 14.1 Å². The molecule has 0 aromatic carbocycles. The van der Waals surface area contributed by atoms with Crippen molar-refractivity contribution in [3.63, 3.8) is 0 Å². The second kappa shape index (κ2) is 3.21. The fourth-order valence-corrected chi connectivity index (χ4v) is 0.951. The van der Waals surface area contributed by atoms with Gasteiger partial charge in [0.15, 0.2) is 0 Å². The van der Waals surface area contributed by atoms with Crippen molar-refractivity contribution < 1.29 is 9.59 Å². The highest BCUT2D eigenvalue weighted by atomic mass is 16.1. The lowest BCUT2D eigenvalue weighted by molar-refractivity contribution is -0.115. The van der Waals surface area contributed by atoms with Crippen LogP contribution in [0.5, 0.6) is 0 Å². The minimum atomic E-state index is -0.179. The van der Waals surface area contributed by atoms with Gasteiger partial charge < -0.3 is 10.6 Å². The molecule has 0 amide bonds. The van der Waals surface area contributed by atoms with Crippen LogP contribution in [0.1, 0.15) is 0 Å². The van der Waals surface area contributed by atoms with Crippen LogP contribution in [0.25, 0.3) is 0 Å². The Morgan fingerprint density at radius 1 is 0.917 bits per heavy atom. The zero-order valence-electron chi connectivity index (χ0n) is 6.97. The van der Waals surface area contributed by atoms with Crippen molar-refractivity contribution in [3.05, 3.63) is 23.5 Å². The Kier molecular flexibility index (Phi) is 2.28. The molecule has 12 heavy (non-hydrogen) atoms. The van der Waals surface area contributed by atoms with E-state index < -0.39 is 0 Å². The van der Waals surface area contributed by atoms with Crippen LogP contribution in [0.15, 0.2) is 23.5 Å². The average molecular weight is 166 g/mol. The van der Waals surface area contributed by atoms with Gasteiger partial charge in [-0.15, -0.1) is 0 Å². The number of hydrogen-bond donors (Lipinski definition) is 2. The van der Waals surface area contributed by atoms with Gasteiger partial charge in [-0.25, -0.2) is 0 Å². The molecule has 0 saturated heterocycles. The Hall–Kier alpha value is -1.58. The summed E-state index contributed by atoms with van der Waals surface area (Å²) >= 11 is 0. The Morgan fingerprint density at radius 2 is 1.25 bits per heavy atom. The summed E-state index contributed by atoms with van der Waals surface area (Å²) in [5.41, 5.74) is 0.665. The fourth-order valence-electron chi connectivity index (χ4n) is 0.951. The molecule has 0 aromatic rings. The molecule has 1 aliphatic rings. The van der Waals surface area contributed by atoms with Crippen molar-refractivity contribution in [1.29, 1.82) is 0 Å². The van der Waals surface area contributed by atoms with Crippen molar-refractivity contribution >= 4 is 11.6 Å². The number of carbonyl (C=O) groups excluding carboxylic acids is 2. The third-order valence-electron chi connectivity index (χ3n) is 1.62. The van der Waals surface area contributed by atoms with E-state index in [1.54, 1.807) is 14.1 Å². The highest BCUT2D eigenvalue weighted by molar-refractivity contribution is 6.19. The maximum Gasteiger partial charge on any atom is 0.203 e. The third-order valence-corrected chi connectivity index (χ3v) is 1.62. The van der Waals surface area contributed by atoms with Crippen molar-refractivity contribution in [3.8, 4) is 0 Å². The zero-order chi connectivity index (χ0) is 9.14. The number of allylic oxidation sites excluding steroid dienone is 2. The van der Waals surface area contributed by atoms with E-state index in [1.165, 1.54) is 12.2 Å². The number of likely N-dealkylation sites (N-methyl/N-ethyl adjacent to an activating group) is 2. The average Bonchev–Trinajstić information content (AvgIpc) is 2.08. The lowest BCUT2D eigenvalue weighted by Crippen LogP contribution is -2.26. The van der Waals surface area contributed by atoms with Gasteiger partial charge in [0.05, 0.1) is 11.4 Å². The number of ketones is 2. The fraction of sp³-hybridized carbons (Fsp3) is 0.250. The molecule has 1 rings (SSSR count). The lowest BCUT2D eigenvalue weighted by Gasteiger charge is -2.10. The number of nitrogens with one attached hydrogen (secondary N) is 2. The van der Waals surface area contributed by atoms with Crippen LogP contribution in [0.3, 0.4) is 0 Å². The SMILES string of the molecule is CNC1=CC(=O)C(NC)=CC1=O. The quantitative estimate of drug-likeness (QED) is 0.535. The molecule has 64 valence electrons. The van der Waals surface area contributed by atoms with Crippen LogP contribution in [0.4, 0.5) is 0 Å². The molecule has 4 heteroatoms. The Bertz CT molecular complexity index is 259. The second-order valence-electron chi connectivity index (χ2n) is 2.34. The van der Waals surface area contributed by atoms with E-state index in [2.05, 4.69) is 10.6 Å². The first kappa shape index (κ1) is 8.52. The molecule has 0 saturated carbocycles. The summed E-state index contributed by atoms with van der Waals surface area (Å²) < 4.78 is 0. The molecular formula is C8H10N2O2. The van der Waals surface area contributed by atoms with Crippen molar-refractivity contribution in [2.24, 2.45) is 0 Å². The van der Waals surface area contributed by atoms with Crippen molar-refractivity contribution in [2.45, 2.75) is 0 Å². The molecule has 1 aliphatic carbocycles. The highest BCUT2D eigenvalue weighted by Gasteiger charge is 2.17. The Morgan fingerprint density at radius 3 is 1.50 bits per heavy atom. The first-order valence-electron chi connectivity index (χ1n) is 3.56. The van der Waals surface area contributed by atoms with Gasteiger partial charge in [-0.1, -0.05) is 0 Å². The largest absolute Gasteiger partial charge is 0.385 e. The number of hydrogen-bond acceptors (Lipinski definition) is 4. The van der Waals surface area contributed by atoms with Crippen LogP contribution in [-0.2, 0) is 9.59 Å². The molecule has 2 N–H and O–H groups in total. The first-order chi connectivity index (χ1) is 5.69. The molecular weight excluding hydrogens is 156 g/mol. The highest BCUT2D eigenvalue weighted by Crippen LogP contribution is 2.06. The van der Waals surface area contributed by atoms with Crippen LogP contribution in [0, 0.1) is 0 Å². The maximum atomic E-state index is 11.1. The molecule has 0 bridgehead atoms. The first-order valence-corrected chi connectivity index (χ1v) is 3.56. The van der Waals surface area contributed by atoms with E-state index >= 15 is 0 Å². The van der Waals surface area contributed by atoms with Gasteiger partial charge in [-0.3, -0.25) is 9.59 Å². The topological polar surface area (TPSA) is 58.2 Å². The van der Waals surface area contributed by atoms with Crippen LogP contribution < -0.4 is 10.6 Å². The molecule has 0 aliphatic heterocycles.